The summed E-state index contributed by atoms with van der Waals surface area (Å²) in [6.07, 6.45) is -4.03. The van der Waals surface area contributed by atoms with Crippen molar-refractivity contribution < 1.29 is 27.8 Å². The van der Waals surface area contributed by atoms with Crippen molar-refractivity contribution in [1.29, 1.82) is 0 Å². The molecule has 0 aliphatic rings. The number of aromatic hydroxyl groups is 1. The first-order chi connectivity index (χ1) is 14.0. The van der Waals surface area contributed by atoms with Gasteiger partial charge in [-0.25, -0.2) is 0 Å². The van der Waals surface area contributed by atoms with Gasteiger partial charge in [0.1, 0.15) is 5.75 Å². The van der Waals surface area contributed by atoms with Gasteiger partial charge in [-0.1, -0.05) is 24.6 Å². The van der Waals surface area contributed by atoms with Crippen LogP contribution in [0.5, 0.6) is 11.5 Å². The van der Waals surface area contributed by atoms with Gasteiger partial charge >= 0.3 is 12.1 Å². The van der Waals surface area contributed by atoms with Crippen molar-refractivity contribution in [2.45, 2.75) is 26.4 Å². The summed E-state index contributed by atoms with van der Waals surface area (Å²) in [5.74, 6) is -1.10. The summed E-state index contributed by atoms with van der Waals surface area (Å²) < 4.78 is 47.0. The first-order valence-corrected chi connectivity index (χ1v) is 9.35. The number of carbonyl (C=O) groups is 1. The minimum Gasteiger partial charge on any atom is -0.507 e. The quantitative estimate of drug-likeness (QED) is 0.424. The Labute approximate surface area is 175 Å². The standard InChI is InChI=1S/C21H18ClF3N2O3/c1-4-13-10-17(27(3)26-13)14-6-8-18(29)19(20(14)30-11(2)28)12-5-7-16(22)15(9-12)21(23,24)25/h5-10,29H,4H2,1-3H3. The van der Waals surface area contributed by atoms with Gasteiger partial charge in [-0.3, -0.25) is 9.48 Å². The molecule has 158 valence electrons. The fourth-order valence-corrected chi connectivity index (χ4v) is 3.38. The van der Waals surface area contributed by atoms with Gasteiger partial charge in [0.2, 0.25) is 0 Å². The lowest BCUT2D eigenvalue weighted by molar-refractivity contribution is -0.137. The third-order valence-corrected chi connectivity index (χ3v) is 4.84. The van der Waals surface area contributed by atoms with Crippen LogP contribution in [0.1, 0.15) is 25.1 Å². The molecule has 0 radical (unpaired) electrons. The molecular weight excluding hydrogens is 421 g/mol. The average Bonchev–Trinajstić information content (AvgIpc) is 3.02. The maximum Gasteiger partial charge on any atom is 0.417 e. The maximum atomic E-state index is 13.4. The molecule has 0 bridgehead atoms. The van der Waals surface area contributed by atoms with E-state index in [4.69, 9.17) is 16.3 Å². The van der Waals surface area contributed by atoms with Gasteiger partial charge in [-0.05, 0) is 42.3 Å². The van der Waals surface area contributed by atoms with E-state index >= 15 is 0 Å². The monoisotopic (exact) mass is 438 g/mol. The molecule has 0 amide bonds. The van der Waals surface area contributed by atoms with Crippen molar-refractivity contribution >= 4 is 17.6 Å². The van der Waals surface area contributed by atoms with Crippen LogP contribution in [-0.4, -0.2) is 20.9 Å². The Morgan fingerprint density at radius 1 is 1.23 bits per heavy atom. The van der Waals surface area contributed by atoms with Gasteiger partial charge < -0.3 is 9.84 Å². The van der Waals surface area contributed by atoms with E-state index in [0.717, 1.165) is 17.8 Å². The molecule has 1 N–H and O–H groups in total. The smallest absolute Gasteiger partial charge is 0.417 e. The Balaban J connectivity index is 2.32. The Kier molecular flexibility index (Phi) is 5.81. The minimum atomic E-state index is -4.69. The van der Waals surface area contributed by atoms with Gasteiger partial charge in [0.05, 0.1) is 27.5 Å². The number of alkyl halides is 3. The molecule has 3 rings (SSSR count). The summed E-state index contributed by atoms with van der Waals surface area (Å²) in [4.78, 5) is 11.8. The lowest BCUT2D eigenvalue weighted by atomic mass is 9.96. The van der Waals surface area contributed by atoms with Gasteiger partial charge in [-0.15, -0.1) is 0 Å². The van der Waals surface area contributed by atoms with Crippen LogP contribution in [0.15, 0.2) is 36.4 Å². The number of phenols is 1. The van der Waals surface area contributed by atoms with Crippen molar-refractivity contribution in [2.24, 2.45) is 7.05 Å². The molecule has 9 heteroatoms. The minimum absolute atomic E-state index is 0.000193. The fourth-order valence-electron chi connectivity index (χ4n) is 3.15. The Bertz CT molecular complexity index is 1120. The third kappa shape index (κ3) is 4.14. The lowest BCUT2D eigenvalue weighted by Gasteiger charge is -2.17. The van der Waals surface area contributed by atoms with Crippen LogP contribution in [0.3, 0.4) is 0 Å². The zero-order valence-electron chi connectivity index (χ0n) is 16.3. The molecule has 0 saturated heterocycles. The number of rotatable bonds is 4. The highest BCUT2D eigenvalue weighted by Gasteiger charge is 2.34. The van der Waals surface area contributed by atoms with Crippen LogP contribution in [0, 0.1) is 0 Å². The van der Waals surface area contributed by atoms with Crippen molar-refractivity contribution in [3.63, 3.8) is 0 Å². The summed E-state index contributed by atoms with van der Waals surface area (Å²) in [7, 11) is 1.70. The highest BCUT2D eigenvalue weighted by molar-refractivity contribution is 6.31. The third-order valence-electron chi connectivity index (χ3n) is 4.51. The second-order valence-corrected chi connectivity index (χ2v) is 7.03. The largest absolute Gasteiger partial charge is 0.507 e. The molecule has 0 aliphatic carbocycles. The van der Waals surface area contributed by atoms with E-state index in [9.17, 15) is 23.1 Å². The molecular formula is C21H18ClF3N2O3. The van der Waals surface area contributed by atoms with E-state index < -0.39 is 22.7 Å². The first kappa shape index (κ1) is 21.7. The van der Waals surface area contributed by atoms with Gasteiger partial charge in [-0.2, -0.15) is 18.3 Å². The number of aryl methyl sites for hydroxylation is 2. The molecule has 0 saturated carbocycles. The lowest BCUT2D eigenvalue weighted by Crippen LogP contribution is -2.07. The number of phenolic OH excluding ortho intramolecular Hbond substituents is 1. The van der Waals surface area contributed by atoms with Crippen molar-refractivity contribution in [3.05, 3.63) is 52.7 Å². The van der Waals surface area contributed by atoms with E-state index in [1.165, 1.54) is 25.1 Å². The zero-order valence-corrected chi connectivity index (χ0v) is 17.1. The molecule has 0 fully saturated rings. The number of halogens is 4. The van der Waals surface area contributed by atoms with Gasteiger partial charge in [0.15, 0.2) is 5.75 Å². The molecule has 0 spiro atoms. The van der Waals surface area contributed by atoms with Crippen LogP contribution in [0.2, 0.25) is 5.02 Å². The van der Waals surface area contributed by atoms with E-state index in [2.05, 4.69) is 5.10 Å². The number of aromatic nitrogens is 2. The number of hydrogen-bond donors (Lipinski definition) is 1. The molecule has 30 heavy (non-hydrogen) atoms. The molecule has 0 atom stereocenters. The van der Waals surface area contributed by atoms with Crippen molar-refractivity contribution in [1.82, 2.24) is 9.78 Å². The summed E-state index contributed by atoms with van der Waals surface area (Å²) >= 11 is 5.72. The fraction of sp³-hybridized carbons (Fsp3) is 0.238. The zero-order chi connectivity index (χ0) is 22.2. The number of carbonyl (C=O) groups excluding carboxylic acids is 1. The number of hydrogen-bond acceptors (Lipinski definition) is 4. The van der Waals surface area contributed by atoms with Crippen LogP contribution < -0.4 is 4.74 Å². The second-order valence-electron chi connectivity index (χ2n) is 6.62. The normalized spacial score (nSPS) is 11.6. The van der Waals surface area contributed by atoms with Crippen LogP contribution in [-0.2, 0) is 24.4 Å². The molecule has 0 unspecified atom stereocenters. The van der Waals surface area contributed by atoms with E-state index in [1.807, 2.05) is 6.92 Å². The number of ether oxygens (including phenoxy) is 1. The van der Waals surface area contributed by atoms with E-state index in [0.29, 0.717) is 17.7 Å². The van der Waals surface area contributed by atoms with Crippen molar-refractivity contribution in [3.8, 4) is 33.9 Å². The van der Waals surface area contributed by atoms with Gasteiger partial charge in [0, 0.05) is 19.5 Å². The molecule has 2 aromatic carbocycles. The average molecular weight is 439 g/mol. The van der Waals surface area contributed by atoms with Crippen molar-refractivity contribution in [2.75, 3.05) is 0 Å². The number of esters is 1. The van der Waals surface area contributed by atoms with E-state index in [1.54, 1.807) is 17.8 Å². The molecule has 1 heterocycles. The van der Waals surface area contributed by atoms with Crippen LogP contribution >= 0.6 is 11.6 Å². The Hall–Kier alpha value is -3.00. The molecule has 5 nitrogen and oxygen atoms in total. The van der Waals surface area contributed by atoms with Gasteiger partial charge in [0.25, 0.3) is 0 Å². The molecule has 1 aromatic heterocycles. The Morgan fingerprint density at radius 2 is 1.93 bits per heavy atom. The SMILES string of the molecule is CCc1cc(-c2ccc(O)c(-c3ccc(Cl)c(C(F)(F)F)c3)c2OC(C)=O)n(C)n1. The first-order valence-electron chi connectivity index (χ1n) is 8.97. The molecule has 3 aromatic rings. The summed E-state index contributed by atoms with van der Waals surface area (Å²) in [6.45, 7) is 3.09. The maximum absolute atomic E-state index is 13.4. The molecule has 0 aliphatic heterocycles. The summed E-state index contributed by atoms with van der Waals surface area (Å²) in [6, 6.07) is 7.86. The van der Waals surface area contributed by atoms with E-state index in [-0.39, 0.29) is 22.6 Å². The number of benzene rings is 2. The van der Waals surface area contributed by atoms with Crippen LogP contribution in [0.25, 0.3) is 22.4 Å². The predicted molar refractivity (Wildman–Crippen MR) is 106 cm³/mol. The summed E-state index contributed by atoms with van der Waals surface area (Å²) in [5, 5.41) is 14.4. The highest BCUT2D eigenvalue weighted by atomic mass is 35.5. The van der Waals surface area contributed by atoms with Crippen LogP contribution in [0.4, 0.5) is 13.2 Å². The summed E-state index contributed by atoms with van der Waals surface area (Å²) in [5.41, 5.74) is 0.644. The predicted octanol–water partition coefficient (Wildman–Crippen LogP) is 5.62. The topological polar surface area (TPSA) is 64.3 Å². The highest BCUT2D eigenvalue weighted by Crippen LogP contribution is 2.46. The second kappa shape index (κ2) is 8.02. The number of nitrogens with zero attached hydrogens (tertiary/aromatic N) is 2. The Morgan fingerprint density at radius 3 is 2.50 bits per heavy atom.